The molecule has 2 unspecified atom stereocenters. The Balaban J connectivity index is 1.73. The zero-order chi connectivity index (χ0) is 23.4. The van der Waals surface area contributed by atoms with Crippen molar-refractivity contribution < 1.29 is 19.1 Å². The number of thiocarbonyl (C=S) groups is 1. The Bertz CT molecular complexity index is 1150. The summed E-state index contributed by atoms with van der Waals surface area (Å²) in [6, 6.07) is 16.5. The van der Waals surface area contributed by atoms with E-state index >= 15 is 0 Å². The number of carbonyl (C=O) groups is 2. The molecule has 1 aliphatic heterocycles. The van der Waals surface area contributed by atoms with Crippen molar-refractivity contribution in [3.05, 3.63) is 83.9 Å². The lowest BCUT2D eigenvalue weighted by Gasteiger charge is -2.28. The first kappa shape index (κ1) is 22.5. The van der Waals surface area contributed by atoms with Gasteiger partial charge in [0.05, 0.1) is 44.0 Å². The summed E-state index contributed by atoms with van der Waals surface area (Å²) in [6.07, 6.45) is 3.91. The SMILES string of the molecule is COC(=O)CCN1C(=S)NC(c2ccccn2)C1c1cccn1-c1ccc(C(=O)OC)cc1. The van der Waals surface area contributed by atoms with Gasteiger partial charge in [-0.05, 0) is 60.7 Å². The largest absolute Gasteiger partial charge is 0.469 e. The zero-order valence-electron chi connectivity index (χ0n) is 18.3. The van der Waals surface area contributed by atoms with Crippen molar-refractivity contribution in [2.45, 2.75) is 18.5 Å². The van der Waals surface area contributed by atoms with Crippen molar-refractivity contribution >= 4 is 29.3 Å². The van der Waals surface area contributed by atoms with Gasteiger partial charge < -0.3 is 24.3 Å². The lowest BCUT2D eigenvalue weighted by atomic mass is 10.0. The van der Waals surface area contributed by atoms with Gasteiger partial charge in [-0.3, -0.25) is 9.78 Å². The highest BCUT2D eigenvalue weighted by Gasteiger charge is 2.41. The number of benzene rings is 1. The fraction of sp³-hybridized carbons (Fsp3) is 0.250. The maximum Gasteiger partial charge on any atom is 0.337 e. The predicted molar refractivity (Wildman–Crippen MR) is 126 cm³/mol. The van der Waals surface area contributed by atoms with E-state index in [-0.39, 0.29) is 30.4 Å². The van der Waals surface area contributed by atoms with Gasteiger partial charge in [0, 0.05) is 30.3 Å². The molecule has 1 fully saturated rings. The summed E-state index contributed by atoms with van der Waals surface area (Å²) in [4.78, 5) is 30.2. The normalized spacial score (nSPS) is 17.5. The van der Waals surface area contributed by atoms with Crippen molar-refractivity contribution in [2.75, 3.05) is 20.8 Å². The van der Waals surface area contributed by atoms with Crippen molar-refractivity contribution in [1.82, 2.24) is 19.8 Å². The molecule has 2 atom stereocenters. The molecule has 3 aromatic rings. The van der Waals surface area contributed by atoms with Crippen molar-refractivity contribution in [3.8, 4) is 5.69 Å². The lowest BCUT2D eigenvalue weighted by molar-refractivity contribution is -0.140. The van der Waals surface area contributed by atoms with E-state index in [4.69, 9.17) is 21.7 Å². The summed E-state index contributed by atoms with van der Waals surface area (Å²) >= 11 is 5.65. The van der Waals surface area contributed by atoms with E-state index < -0.39 is 0 Å². The molecule has 3 heterocycles. The van der Waals surface area contributed by atoms with E-state index in [0.29, 0.717) is 17.2 Å². The topological polar surface area (TPSA) is 85.7 Å². The number of hydrogen-bond donors (Lipinski definition) is 1. The predicted octanol–water partition coefficient (Wildman–Crippen LogP) is 3.19. The zero-order valence-corrected chi connectivity index (χ0v) is 19.1. The Hall–Kier alpha value is -3.72. The van der Waals surface area contributed by atoms with Gasteiger partial charge in [0.1, 0.15) is 0 Å². The molecule has 0 spiro atoms. The van der Waals surface area contributed by atoms with Crippen LogP contribution in [0, 0.1) is 0 Å². The second-order valence-electron chi connectivity index (χ2n) is 7.49. The highest BCUT2D eigenvalue weighted by atomic mass is 32.1. The molecule has 2 aromatic heterocycles. The number of carbonyl (C=O) groups excluding carboxylic acids is 2. The Morgan fingerprint density at radius 2 is 1.85 bits per heavy atom. The van der Waals surface area contributed by atoms with Gasteiger partial charge in [0.2, 0.25) is 0 Å². The van der Waals surface area contributed by atoms with Crippen LogP contribution in [0.4, 0.5) is 0 Å². The molecule has 0 bridgehead atoms. The minimum absolute atomic E-state index is 0.207. The van der Waals surface area contributed by atoms with Crippen LogP contribution in [-0.4, -0.2) is 52.3 Å². The number of pyridine rings is 1. The fourth-order valence-electron chi connectivity index (χ4n) is 4.03. The Morgan fingerprint density at radius 3 is 2.52 bits per heavy atom. The molecular formula is C24H24N4O4S. The van der Waals surface area contributed by atoms with Crippen LogP contribution in [0.25, 0.3) is 5.69 Å². The third-order valence-corrected chi connectivity index (χ3v) is 5.98. The van der Waals surface area contributed by atoms with E-state index in [1.54, 1.807) is 18.3 Å². The molecule has 4 rings (SSSR count). The standard InChI is InChI=1S/C24H24N4O4S/c1-31-20(29)12-15-28-22(21(26-24(28)33)18-6-3-4-13-25-18)19-7-5-14-27(19)17-10-8-16(9-11-17)23(30)32-2/h3-11,13-14,21-22H,12,15H2,1-2H3,(H,26,33). The lowest BCUT2D eigenvalue weighted by Crippen LogP contribution is -2.32. The minimum atomic E-state index is -0.385. The first-order chi connectivity index (χ1) is 16.0. The van der Waals surface area contributed by atoms with Crippen molar-refractivity contribution in [3.63, 3.8) is 0 Å². The quantitative estimate of drug-likeness (QED) is 0.422. The van der Waals surface area contributed by atoms with Gasteiger partial charge in [-0.15, -0.1) is 0 Å². The van der Waals surface area contributed by atoms with Crippen LogP contribution >= 0.6 is 12.2 Å². The van der Waals surface area contributed by atoms with E-state index in [9.17, 15) is 9.59 Å². The molecule has 1 N–H and O–H groups in total. The molecule has 0 amide bonds. The number of aromatic nitrogens is 2. The first-order valence-corrected chi connectivity index (χ1v) is 10.8. The number of esters is 2. The molecule has 0 aliphatic carbocycles. The molecule has 0 radical (unpaired) electrons. The van der Waals surface area contributed by atoms with Crippen LogP contribution in [-0.2, 0) is 14.3 Å². The molecule has 33 heavy (non-hydrogen) atoms. The van der Waals surface area contributed by atoms with Gasteiger partial charge in [0.15, 0.2) is 5.11 Å². The maximum absolute atomic E-state index is 11.9. The molecule has 1 aromatic carbocycles. The van der Waals surface area contributed by atoms with E-state index in [1.165, 1.54) is 14.2 Å². The van der Waals surface area contributed by atoms with Crippen LogP contribution < -0.4 is 5.32 Å². The summed E-state index contributed by atoms with van der Waals surface area (Å²) in [5.74, 6) is -0.685. The number of nitrogens with zero attached hydrogens (tertiary/aromatic N) is 3. The molecular weight excluding hydrogens is 440 g/mol. The van der Waals surface area contributed by atoms with Gasteiger partial charge in [-0.1, -0.05) is 6.07 Å². The smallest absolute Gasteiger partial charge is 0.337 e. The van der Waals surface area contributed by atoms with Gasteiger partial charge >= 0.3 is 11.9 Å². The molecule has 8 nitrogen and oxygen atoms in total. The summed E-state index contributed by atoms with van der Waals surface area (Å²) in [5, 5.41) is 3.93. The first-order valence-electron chi connectivity index (χ1n) is 10.4. The number of ether oxygens (including phenoxy) is 2. The summed E-state index contributed by atoms with van der Waals surface area (Å²) in [5.41, 5.74) is 3.17. The van der Waals surface area contributed by atoms with Crippen LogP contribution in [0.1, 0.15) is 40.3 Å². The summed E-state index contributed by atoms with van der Waals surface area (Å²) in [6.45, 7) is 0.402. The monoisotopic (exact) mass is 464 g/mol. The molecule has 9 heteroatoms. The van der Waals surface area contributed by atoms with Crippen molar-refractivity contribution in [1.29, 1.82) is 0 Å². The van der Waals surface area contributed by atoms with Crippen LogP contribution in [0.2, 0.25) is 0 Å². The van der Waals surface area contributed by atoms with Gasteiger partial charge in [-0.2, -0.15) is 0 Å². The average Bonchev–Trinajstić information content (AvgIpc) is 3.46. The van der Waals surface area contributed by atoms with Gasteiger partial charge in [0.25, 0.3) is 0 Å². The van der Waals surface area contributed by atoms with Crippen molar-refractivity contribution in [2.24, 2.45) is 0 Å². The Morgan fingerprint density at radius 1 is 1.06 bits per heavy atom. The number of methoxy groups -OCH3 is 2. The number of hydrogen-bond acceptors (Lipinski definition) is 6. The van der Waals surface area contributed by atoms with Crippen LogP contribution in [0.3, 0.4) is 0 Å². The third-order valence-electron chi connectivity index (χ3n) is 5.63. The number of rotatable bonds is 7. The van der Waals surface area contributed by atoms with Crippen LogP contribution in [0.15, 0.2) is 67.0 Å². The van der Waals surface area contributed by atoms with E-state index in [0.717, 1.165) is 17.1 Å². The highest BCUT2D eigenvalue weighted by Crippen LogP contribution is 2.39. The second-order valence-corrected chi connectivity index (χ2v) is 7.87. The second kappa shape index (κ2) is 9.83. The maximum atomic E-state index is 11.9. The molecule has 170 valence electrons. The number of nitrogens with one attached hydrogen (secondary N) is 1. The van der Waals surface area contributed by atoms with E-state index in [1.807, 2.05) is 58.1 Å². The summed E-state index contributed by atoms with van der Waals surface area (Å²) < 4.78 is 11.7. The highest BCUT2D eigenvalue weighted by molar-refractivity contribution is 7.80. The Labute approximate surface area is 197 Å². The third kappa shape index (κ3) is 4.58. The fourth-order valence-corrected chi connectivity index (χ4v) is 4.36. The molecule has 1 saturated heterocycles. The van der Waals surface area contributed by atoms with Gasteiger partial charge in [-0.25, -0.2) is 4.79 Å². The minimum Gasteiger partial charge on any atom is -0.469 e. The molecule has 1 aliphatic rings. The average molecular weight is 465 g/mol. The van der Waals surface area contributed by atoms with E-state index in [2.05, 4.69) is 10.3 Å². The molecule has 0 saturated carbocycles. The Kier molecular flexibility index (Phi) is 6.69. The van der Waals surface area contributed by atoms with Crippen LogP contribution in [0.5, 0.6) is 0 Å². The summed E-state index contributed by atoms with van der Waals surface area (Å²) in [7, 11) is 2.73.